The Bertz CT molecular complexity index is 2150. The summed E-state index contributed by atoms with van der Waals surface area (Å²) in [6, 6.07) is 0. The molecule has 0 aromatic heterocycles. The van der Waals surface area contributed by atoms with Crippen molar-refractivity contribution in [3.05, 3.63) is 0 Å². The Hall–Kier alpha value is -1.94. The van der Waals surface area contributed by atoms with E-state index in [2.05, 4.69) is 48.5 Å². The number of carbonyl (C=O) groups is 4. The maximum Gasteiger partial charge on any atom is 0.472 e. The van der Waals surface area contributed by atoms with E-state index in [-0.39, 0.29) is 25.7 Å². The maximum absolute atomic E-state index is 13.2. The van der Waals surface area contributed by atoms with Gasteiger partial charge in [-0.15, -0.1) is 0 Å². The molecule has 3 N–H and O–H groups in total. The Kier molecular flexibility index (Phi) is 81.3. The highest BCUT2D eigenvalue weighted by Crippen LogP contribution is 2.45. The summed E-state index contributed by atoms with van der Waals surface area (Å²) in [4.78, 5) is 73.5. The first-order chi connectivity index (χ1) is 54.3. The second kappa shape index (κ2) is 82.7. The van der Waals surface area contributed by atoms with Gasteiger partial charge in [0, 0.05) is 25.7 Å². The smallest absolute Gasteiger partial charge is 0.462 e. The third-order valence-electron chi connectivity index (χ3n) is 22.6. The average Bonchev–Trinajstić information content (AvgIpc) is 0.901. The van der Waals surface area contributed by atoms with E-state index in [4.69, 9.17) is 37.0 Å². The highest BCUT2D eigenvalue weighted by atomic mass is 31.2. The van der Waals surface area contributed by atoms with E-state index in [1.807, 2.05) is 0 Å². The number of hydrogen-bond acceptors (Lipinski definition) is 15. The minimum atomic E-state index is -4.97. The zero-order chi connectivity index (χ0) is 82.2. The van der Waals surface area contributed by atoms with E-state index in [9.17, 15) is 43.2 Å². The molecule has 19 heteroatoms. The number of rotatable bonds is 91. The molecule has 4 unspecified atom stereocenters. The minimum Gasteiger partial charge on any atom is -0.462 e. The second-order valence-corrected chi connectivity index (χ2v) is 37.3. The fraction of sp³-hybridized carbons (Fsp3) is 0.957. The molecule has 17 nitrogen and oxygen atoms in total. The number of phosphoric ester groups is 2. The largest absolute Gasteiger partial charge is 0.472 e. The van der Waals surface area contributed by atoms with Crippen LogP contribution in [0.15, 0.2) is 0 Å². The quantitative estimate of drug-likeness (QED) is 0.0222. The van der Waals surface area contributed by atoms with Crippen LogP contribution in [0.1, 0.15) is 498 Å². The fourth-order valence-corrected chi connectivity index (χ4v) is 16.1. The zero-order valence-electron chi connectivity index (χ0n) is 74.2. The molecule has 0 spiro atoms. The summed E-state index contributed by atoms with van der Waals surface area (Å²) in [6.45, 7) is 12.1. The van der Waals surface area contributed by atoms with Crippen LogP contribution in [0.5, 0.6) is 0 Å². The monoisotopic (exact) mass is 1630 g/mol. The van der Waals surface area contributed by atoms with Crippen LogP contribution in [0.25, 0.3) is 0 Å². The lowest BCUT2D eigenvalue weighted by Crippen LogP contribution is -2.30. The van der Waals surface area contributed by atoms with Gasteiger partial charge >= 0.3 is 39.5 Å². The fourth-order valence-electron chi connectivity index (χ4n) is 14.5. The van der Waals surface area contributed by atoms with Gasteiger partial charge in [0.15, 0.2) is 12.2 Å². The molecule has 0 aromatic carbocycles. The van der Waals surface area contributed by atoms with Gasteiger partial charge in [-0.1, -0.05) is 447 Å². The predicted octanol–water partition coefficient (Wildman–Crippen LogP) is 28.8. The first-order valence-corrected chi connectivity index (χ1v) is 50.9. The number of aliphatic hydroxyl groups is 1. The lowest BCUT2D eigenvalue weighted by atomic mass is 9.99. The van der Waals surface area contributed by atoms with Crippen LogP contribution in [0, 0.1) is 17.8 Å². The Morgan fingerprint density at radius 1 is 0.259 bits per heavy atom. The third-order valence-corrected chi connectivity index (χ3v) is 24.5. The molecule has 0 saturated carbocycles. The van der Waals surface area contributed by atoms with E-state index in [0.29, 0.717) is 25.7 Å². The Morgan fingerprint density at radius 2 is 0.455 bits per heavy atom. The number of unbranched alkanes of at least 4 members (excludes halogenated alkanes) is 57. The van der Waals surface area contributed by atoms with Gasteiger partial charge in [-0.25, -0.2) is 9.13 Å². The van der Waals surface area contributed by atoms with E-state index in [1.54, 1.807) is 0 Å². The van der Waals surface area contributed by atoms with Crippen molar-refractivity contribution in [1.29, 1.82) is 0 Å². The van der Waals surface area contributed by atoms with Crippen molar-refractivity contribution in [2.24, 2.45) is 17.8 Å². The molecule has 0 fully saturated rings. The summed E-state index contributed by atoms with van der Waals surface area (Å²) in [5.74, 6) is 0.337. The molecule has 0 aromatic rings. The first kappa shape index (κ1) is 110. The number of carbonyl (C=O) groups excluding carboxylic acids is 4. The third kappa shape index (κ3) is 83.1. The summed E-state index contributed by atoms with van der Waals surface area (Å²) in [6.07, 6.45) is 76.5. The first-order valence-electron chi connectivity index (χ1n) is 47.9. The lowest BCUT2D eigenvalue weighted by Gasteiger charge is -2.21. The zero-order valence-corrected chi connectivity index (χ0v) is 75.9. The standard InChI is InChI=1S/C93H182O17P2/c1-8-11-12-13-14-15-16-17-18-19-20-21-22-23-27-30-35-40-45-53-60-67-74-90(95)103-80-88(109-92(97)76-69-62-55-46-41-36-31-28-25-24-26-29-34-39-44-51-58-65-72-85(6)9-2)82-107-111(99,100)105-78-87(94)79-106-112(101,102)108-83-89(81-104-91(96)75-68-61-54-49-48-52-59-66-73-86(7)10-3)110-93(98)77-70-63-56-47-42-37-32-33-38-43-50-57-64-71-84(4)5/h84-89,94H,8-83H2,1-7H3,(H,99,100)(H,101,102)/t85?,86?,87-,88-,89-/m1/s1. The van der Waals surface area contributed by atoms with Crippen LogP contribution in [-0.2, 0) is 65.4 Å². The summed E-state index contributed by atoms with van der Waals surface area (Å²) in [7, 11) is -9.94. The lowest BCUT2D eigenvalue weighted by molar-refractivity contribution is -0.161. The Balaban J connectivity index is 5.24. The van der Waals surface area contributed by atoms with E-state index in [1.165, 1.54) is 308 Å². The van der Waals surface area contributed by atoms with Crippen molar-refractivity contribution >= 4 is 39.5 Å². The van der Waals surface area contributed by atoms with Crippen molar-refractivity contribution in [2.45, 2.75) is 516 Å². The molecule has 0 amide bonds. The number of hydrogen-bond donors (Lipinski definition) is 3. The van der Waals surface area contributed by atoms with Crippen LogP contribution >= 0.6 is 15.6 Å². The molecule has 7 atom stereocenters. The van der Waals surface area contributed by atoms with Gasteiger partial charge in [-0.05, 0) is 43.4 Å². The van der Waals surface area contributed by atoms with Crippen LogP contribution in [0.4, 0.5) is 0 Å². The van der Waals surface area contributed by atoms with Crippen molar-refractivity contribution in [3.63, 3.8) is 0 Å². The molecule has 666 valence electrons. The molecule has 0 aliphatic heterocycles. The summed E-state index contributed by atoms with van der Waals surface area (Å²) in [5.41, 5.74) is 0. The number of esters is 4. The van der Waals surface area contributed by atoms with Crippen molar-refractivity contribution < 1.29 is 80.2 Å². The topological polar surface area (TPSA) is 237 Å². The van der Waals surface area contributed by atoms with E-state index >= 15 is 0 Å². The average molecular weight is 1630 g/mol. The maximum atomic E-state index is 13.2. The van der Waals surface area contributed by atoms with E-state index in [0.717, 1.165) is 108 Å². The summed E-state index contributed by atoms with van der Waals surface area (Å²) >= 11 is 0. The number of ether oxygens (including phenoxy) is 4. The van der Waals surface area contributed by atoms with Crippen molar-refractivity contribution in [1.82, 2.24) is 0 Å². The molecule has 0 aliphatic carbocycles. The van der Waals surface area contributed by atoms with Gasteiger partial charge in [-0.2, -0.15) is 0 Å². The number of phosphoric acid groups is 2. The van der Waals surface area contributed by atoms with Gasteiger partial charge in [-0.3, -0.25) is 37.3 Å². The molecular weight excluding hydrogens is 1450 g/mol. The SMILES string of the molecule is CCCCCCCCCCCCCCCCCCCCCCCCC(=O)OC[C@H](COP(=O)(O)OC[C@@H](O)COP(=O)(O)OC[C@@H](COC(=O)CCCCCCCCCCC(C)CC)OC(=O)CCCCCCCCCCCCCCCC(C)C)OC(=O)CCCCCCCCCCCCCCCCCCCCC(C)CC. The molecule has 0 radical (unpaired) electrons. The Morgan fingerprint density at radius 3 is 0.679 bits per heavy atom. The second-order valence-electron chi connectivity index (χ2n) is 34.4. The predicted molar refractivity (Wildman–Crippen MR) is 465 cm³/mol. The highest BCUT2D eigenvalue weighted by Gasteiger charge is 2.31. The van der Waals surface area contributed by atoms with Gasteiger partial charge in [0.05, 0.1) is 26.4 Å². The van der Waals surface area contributed by atoms with Crippen LogP contribution < -0.4 is 0 Å². The molecular formula is C93H182O17P2. The van der Waals surface area contributed by atoms with Crippen LogP contribution in [0.3, 0.4) is 0 Å². The van der Waals surface area contributed by atoms with Gasteiger partial charge in [0.1, 0.15) is 19.3 Å². The van der Waals surface area contributed by atoms with Crippen molar-refractivity contribution in [3.8, 4) is 0 Å². The van der Waals surface area contributed by atoms with Gasteiger partial charge in [0.2, 0.25) is 0 Å². The van der Waals surface area contributed by atoms with Crippen LogP contribution in [0.2, 0.25) is 0 Å². The summed E-state index contributed by atoms with van der Waals surface area (Å²) in [5, 5.41) is 10.7. The Labute approximate surface area is 689 Å². The normalized spacial score (nSPS) is 14.2. The molecule has 0 heterocycles. The van der Waals surface area contributed by atoms with Crippen LogP contribution in [-0.4, -0.2) is 96.7 Å². The van der Waals surface area contributed by atoms with E-state index < -0.39 is 97.5 Å². The molecule has 0 rings (SSSR count). The van der Waals surface area contributed by atoms with Gasteiger partial charge < -0.3 is 33.8 Å². The molecule has 0 aliphatic rings. The molecule has 0 bridgehead atoms. The number of aliphatic hydroxyl groups excluding tert-OH is 1. The van der Waals surface area contributed by atoms with Crippen molar-refractivity contribution in [2.75, 3.05) is 39.6 Å². The summed E-state index contributed by atoms with van der Waals surface area (Å²) < 4.78 is 69.1. The minimum absolute atomic E-state index is 0.107. The van der Waals surface area contributed by atoms with Gasteiger partial charge in [0.25, 0.3) is 0 Å². The molecule has 0 saturated heterocycles. The molecule has 112 heavy (non-hydrogen) atoms. The highest BCUT2D eigenvalue weighted by molar-refractivity contribution is 7.47.